The van der Waals surface area contributed by atoms with Gasteiger partial charge in [-0.1, -0.05) is 27.7 Å². The van der Waals surface area contributed by atoms with Gasteiger partial charge in [0.25, 0.3) is 0 Å². The van der Waals surface area contributed by atoms with E-state index < -0.39 is 0 Å². The molecule has 0 radical (unpaired) electrons. The highest BCUT2D eigenvalue weighted by Crippen LogP contribution is 2.29. The molecule has 2 nitrogen and oxygen atoms in total. The number of piperidine rings is 1. The molecule has 2 unspecified atom stereocenters. The number of hydrogen-bond acceptors (Lipinski definition) is 2. The lowest BCUT2D eigenvalue weighted by molar-refractivity contribution is 0.129. The van der Waals surface area contributed by atoms with Crippen LogP contribution in [-0.2, 0) is 0 Å². The molecule has 0 aliphatic carbocycles. The smallest absolute Gasteiger partial charge is 0.0132 e. The average Bonchev–Trinajstić information content (AvgIpc) is 2.25. The highest BCUT2D eigenvalue weighted by Gasteiger charge is 2.30. The summed E-state index contributed by atoms with van der Waals surface area (Å²) in [5.41, 5.74) is 0.613. The maximum Gasteiger partial charge on any atom is 0.0132 e. The third-order valence-corrected chi connectivity index (χ3v) is 4.38. The molecule has 1 heterocycles. The first-order valence-electron chi connectivity index (χ1n) is 8.63. The van der Waals surface area contributed by atoms with E-state index in [9.17, 15) is 0 Å². The second kappa shape index (κ2) is 7.26. The zero-order valence-corrected chi connectivity index (χ0v) is 15.1. The Balaban J connectivity index is 2.50. The summed E-state index contributed by atoms with van der Waals surface area (Å²) in [4.78, 5) is 2.66. The van der Waals surface area contributed by atoms with E-state index in [2.05, 4.69) is 58.7 Å². The summed E-state index contributed by atoms with van der Waals surface area (Å²) in [5, 5.41) is 3.92. The van der Waals surface area contributed by atoms with Crippen molar-refractivity contribution in [2.45, 2.75) is 85.7 Å². The maximum absolute atomic E-state index is 3.92. The molecule has 2 atom stereocenters. The summed E-state index contributed by atoms with van der Waals surface area (Å²) < 4.78 is 0. The zero-order chi connectivity index (χ0) is 15.4. The van der Waals surface area contributed by atoms with E-state index in [0.717, 1.165) is 5.92 Å². The number of hydrogen-bond donors (Lipinski definition) is 1. The van der Waals surface area contributed by atoms with Crippen LogP contribution in [0.4, 0.5) is 0 Å². The summed E-state index contributed by atoms with van der Waals surface area (Å²) in [6.07, 6.45) is 5.26. The Morgan fingerprint density at radius 3 is 2.40 bits per heavy atom. The van der Waals surface area contributed by atoms with Crippen molar-refractivity contribution in [1.82, 2.24) is 10.2 Å². The molecule has 1 fully saturated rings. The summed E-state index contributed by atoms with van der Waals surface area (Å²) in [6.45, 7) is 20.3. The van der Waals surface area contributed by atoms with Gasteiger partial charge in [0.05, 0.1) is 0 Å². The van der Waals surface area contributed by atoms with E-state index in [1.165, 1.54) is 45.3 Å². The molecule has 0 spiro atoms. The molecular weight excluding hydrogens is 244 g/mol. The summed E-state index contributed by atoms with van der Waals surface area (Å²) in [7, 11) is 0. The van der Waals surface area contributed by atoms with Gasteiger partial charge in [-0.05, 0) is 70.9 Å². The van der Waals surface area contributed by atoms with Crippen LogP contribution >= 0.6 is 0 Å². The quantitative estimate of drug-likeness (QED) is 0.781. The Morgan fingerprint density at radius 1 is 1.20 bits per heavy atom. The van der Waals surface area contributed by atoms with Crippen LogP contribution in [0.15, 0.2) is 0 Å². The normalized spacial score (nSPS) is 23.9. The summed E-state index contributed by atoms with van der Waals surface area (Å²) >= 11 is 0. The molecule has 0 aromatic carbocycles. The molecule has 1 aliphatic heterocycles. The van der Waals surface area contributed by atoms with Crippen molar-refractivity contribution in [3.8, 4) is 0 Å². The van der Waals surface area contributed by atoms with Crippen LogP contribution in [0.3, 0.4) is 0 Å². The van der Waals surface area contributed by atoms with Gasteiger partial charge in [-0.15, -0.1) is 0 Å². The van der Waals surface area contributed by atoms with Crippen molar-refractivity contribution in [3.63, 3.8) is 0 Å². The van der Waals surface area contributed by atoms with Crippen molar-refractivity contribution in [1.29, 1.82) is 0 Å². The van der Waals surface area contributed by atoms with Gasteiger partial charge in [-0.25, -0.2) is 0 Å². The minimum atomic E-state index is 0.227. The van der Waals surface area contributed by atoms with Crippen LogP contribution in [0.2, 0.25) is 0 Å². The van der Waals surface area contributed by atoms with Crippen molar-refractivity contribution >= 4 is 0 Å². The lowest BCUT2D eigenvalue weighted by atomic mass is 9.80. The zero-order valence-electron chi connectivity index (χ0n) is 15.1. The molecule has 1 saturated heterocycles. The monoisotopic (exact) mass is 282 g/mol. The lowest BCUT2D eigenvalue weighted by Crippen LogP contribution is -2.52. The lowest BCUT2D eigenvalue weighted by Gasteiger charge is -2.41. The fourth-order valence-electron chi connectivity index (χ4n) is 4.13. The molecule has 0 aromatic rings. The standard InChI is InChI=1S/C18H38N2/c1-8-11-20-12-9-10-16(13-20)15(2)19-18(6,7)14-17(3,4)5/h15-16,19H,8-14H2,1-7H3. The predicted octanol–water partition coefficient (Wildman–Crippen LogP) is 4.30. The molecule has 1 aliphatic rings. The Bertz CT molecular complexity index is 276. The Kier molecular flexibility index (Phi) is 6.53. The molecule has 1 N–H and O–H groups in total. The predicted molar refractivity (Wildman–Crippen MR) is 90.2 cm³/mol. The number of rotatable bonds is 6. The summed E-state index contributed by atoms with van der Waals surface area (Å²) in [6, 6.07) is 0.618. The van der Waals surface area contributed by atoms with E-state index in [4.69, 9.17) is 0 Å². The van der Waals surface area contributed by atoms with Gasteiger partial charge < -0.3 is 10.2 Å². The maximum atomic E-state index is 3.92. The number of nitrogens with one attached hydrogen (secondary N) is 1. The van der Waals surface area contributed by atoms with Crippen LogP contribution in [-0.4, -0.2) is 36.1 Å². The fourth-order valence-corrected chi connectivity index (χ4v) is 4.13. The largest absolute Gasteiger partial charge is 0.309 e. The van der Waals surface area contributed by atoms with Gasteiger partial charge >= 0.3 is 0 Å². The van der Waals surface area contributed by atoms with Gasteiger partial charge in [-0.3, -0.25) is 0 Å². The number of nitrogens with zero attached hydrogens (tertiary/aromatic N) is 1. The Hall–Kier alpha value is -0.0800. The van der Waals surface area contributed by atoms with Gasteiger partial charge in [-0.2, -0.15) is 0 Å². The highest BCUT2D eigenvalue weighted by molar-refractivity contribution is 4.89. The Morgan fingerprint density at radius 2 is 1.85 bits per heavy atom. The first kappa shape index (κ1) is 18.0. The van der Waals surface area contributed by atoms with E-state index in [-0.39, 0.29) is 5.54 Å². The van der Waals surface area contributed by atoms with Crippen molar-refractivity contribution < 1.29 is 0 Å². The molecule has 0 bridgehead atoms. The molecular formula is C18H38N2. The molecule has 20 heavy (non-hydrogen) atoms. The first-order valence-corrected chi connectivity index (χ1v) is 8.63. The fraction of sp³-hybridized carbons (Fsp3) is 1.00. The van der Waals surface area contributed by atoms with Gasteiger partial charge in [0.1, 0.15) is 0 Å². The SMILES string of the molecule is CCCN1CCCC(C(C)NC(C)(C)CC(C)(C)C)C1. The van der Waals surface area contributed by atoms with Gasteiger partial charge in [0.15, 0.2) is 0 Å². The topological polar surface area (TPSA) is 15.3 Å². The average molecular weight is 283 g/mol. The van der Waals surface area contributed by atoms with Crippen molar-refractivity contribution in [2.24, 2.45) is 11.3 Å². The van der Waals surface area contributed by atoms with Crippen LogP contribution in [0.5, 0.6) is 0 Å². The molecule has 120 valence electrons. The van der Waals surface area contributed by atoms with Crippen LogP contribution < -0.4 is 5.32 Å². The van der Waals surface area contributed by atoms with E-state index in [1.54, 1.807) is 0 Å². The van der Waals surface area contributed by atoms with Gasteiger partial charge in [0.2, 0.25) is 0 Å². The third kappa shape index (κ3) is 6.58. The molecule has 0 amide bonds. The van der Waals surface area contributed by atoms with E-state index in [1.807, 2.05) is 0 Å². The Labute approximate surface area is 127 Å². The molecule has 0 saturated carbocycles. The third-order valence-electron chi connectivity index (χ3n) is 4.38. The van der Waals surface area contributed by atoms with Crippen LogP contribution in [0, 0.1) is 11.3 Å². The molecule has 2 heteroatoms. The molecule has 1 rings (SSSR count). The summed E-state index contributed by atoms with van der Waals surface area (Å²) in [5.74, 6) is 0.814. The molecule has 0 aromatic heterocycles. The second-order valence-electron chi connectivity index (χ2n) is 8.76. The first-order chi connectivity index (χ1) is 9.13. The highest BCUT2D eigenvalue weighted by atomic mass is 15.1. The van der Waals surface area contributed by atoms with E-state index in [0.29, 0.717) is 11.5 Å². The van der Waals surface area contributed by atoms with Crippen LogP contribution in [0.1, 0.15) is 74.1 Å². The van der Waals surface area contributed by atoms with Crippen LogP contribution in [0.25, 0.3) is 0 Å². The number of likely N-dealkylation sites (tertiary alicyclic amines) is 1. The van der Waals surface area contributed by atoms with Gasteiger partial charge in [0, 0.05) is 18.1 Å². The second-order valence-corrected chi connectivity index (χ2v) is 8.76. The van der Waals surface area contributed by atoms with E-state index >= 15 is 0 Å². The minimum absolute atomic E-state index is 0.227. The van der Waals surface area contributed by atoms with Crippen molar-refractivity contribution in [2.75, 3.05) is 19.6 Å². The van der Waals surface area contributed by atoms with Crippen molar-refractivity contribution in [3.05, 3.63) is 0 Å². The minimum Gasteiger partial charge on any atom is -0.309 e.